The van der Waals surface area contributed by atoms with Gasteiger partial charge in [-0.1, -0.05) is 0 Å². The maximum Gasteiger partial charge on any atom is 0.281 e. The van der Waals surface area contributed by atoms with Gasteiger partial charge in [0.1, 0.15) is 5.75 Å². The van der Waals surface area contributed by atoms with E-state index < -0.39 is 16.4 Å². The first kappa shape index (κ1) is 21.3. The van der Waals surface area contributed by atoms with E-state index in [-0.39, 0.29) is 0 Å². The van der Waals surface area contributed by atoms with Crippen molar-refractivity contribution in [2.75, 3.05) is 68.8 Å². The van der Waals surface area contributed by atoms with Crippen LogP contribution in [0.4, 0.5) is 11.4 Å². The highest BCUT2D eigenvalue weighted by Crippen LogP contribution is 2.47. The second kappa shape index (κ2) is 8.08. The lowest BCUT2D eigenvalue weighted by molar-refractivity contribution is -0.00390. The monoisotopic (exact) mass is 451 g/mol. The molecule has 10 heteroatoms. The molecule has 3 N–H and O–H groups in total. The van der Waals surface area contributed by atoms with Gasteiger partial charge in [-0.2, -0.15) is 4.31 Å². The normalized spacial score (nSPS) is 31.5. The van der Waals surface area contributed by atoms with Crippen molar-refractivity contribution in [3.05, 3.63) is 18.2 Å². The van der Waals surface area contributed by atoms with Crippen LogP contribution in [0.2, 0.25) is 0 Å². The number of aliphatic hydroxyl groups is 1. The number of sulfonamides is 1. The smallest absolute Gasteiger partial charge is 0.281 e. The molecule has 0 bridgehead atoms. The first-order chi connectivity index (χ1) is 14.8. The summed E-state index contributed by atoms with van der Waals surface area (Å²) in [4.78, 5) is 4.09. The molecule has 3 heterocycles. The number of ether oxygens (including phenoxy) is 1. The molecule has 1 unspecified atom stereocenters. The van der Waals surface area contributed by atoms with Crippen molar-refractivity contribution in [2.24, 2.45) is 5.41 Å². The van der Waals surface area contributed by atoms with Gasteiger partial charge in [0.05, 0.1) is 11.9 Å². The molecule has 0 aromatic heterocycles. The summed E-state index contributed by atoms with van der Waals surface area (Å²) in [7, 11) is -3.12. The number of hydrogen-bond donors (Lipinski definition) is 3. The van der Waals surface area contributed by atoms with E-state index in [1.807, 2.05) is 17.0 Å². The van der Waals surface area contributed by atoms with Crippen molar-refractivity contribution in [2.45, 2.75) is 31.7 Å². The summed E-state index contributed by atoms with van der Waals surface area (Å²) in [6.07, 6.45) is 3.97. The van der Waals surface area contributed by atoms with Gasteiger partial charge in [0, 0.05) is 63.6 Å². The molecule has 1 aromatic carbocycles. The van der Waals surface area contributed by atoms with Gasteiger partial charge in [0.2, 0.25) is 10.0 Å². The molecule has 1 spiro atoms. The zero-order valence-electron chi connectivity index (χ0n) is 18.1. The van der Waals surface area contributed by atoms with E-state index in [2.05, 4.69) is 21.6 Å². The van der Waals surface area contributed by atoms with Crippen LogP contribution in [0, 0.1) is 5.41 Å². The number of nitrogens with one attached hydrogen (secondary N) is 2. The minimum Gasteiger partial charge on any atom is -0.444 e. The second-order valence-electron chi connectivity index (χ2n) is 9.50. The summed E-state index contributed by atoms with van der Waals surface area (Å²) in [6, 6.07) is 6.57. The zero-order valence-corrected chi connectivity index (χ0v) is 18.9. The molecule has 1 aromatic rings. The fraction of sp³-hybridized carbons (Fsp3) is 0.714. The molecule has 31 heavy (non-hydrogen) atoms. The van der Waals surface area contributed by atoms with Crippen molar-refractivity contribution in [3.63, 3.8) is 0 Å². The number of fused-ring (bicyclic) bond motifs is 1. The summed E-state index contributed by atoms with van der Waals surface area (Å²) in [5, 5.41) is 17.5. The Kier molecular flexibility index (Phi) is 5.54. The van der Waals surface area contributed by atoms with Crippen LogP contribution in [0.1, 0.15) is 19.3 Å². The molecule has 9 nitrogen and oxygen atoms in total. The van der Waals surface area contributed by atoms with E-state index in [9.17, 15) is 13.5 Å². The van der Waals surface area contributed by atoms with Crippen LogP contribution in [-0.4, -0.2) is 93.8 Å². The largest absolute Gasteiger partial charge is 0.444 e. The Morgan fingerprint density at radius 1 is 1.23 bits per heavy atom. The van der Waals surface area contributed by atoms with E-state index >= 15 is 0 Å². The summed E-state index contributed by atoms with van der Waals surface area (Å²) >= 11 is 0. The number of nitrogens with zero attached hydrogens (tertiary/aromatic N) is 3. The Labute approximate surface area is 184 Å². The van der Waals surface area contributed by atoms with Gasteiger partial charge in [-0.3, -0.25) is 4.90 Å². The predicted octanol–water partition coefficient (Wildman–Crippen LogP) is 0.293. The third kappa shape index (κ3) is 4.36. The number of benzene rings is 1. The summed E-state index contributed by atoms with van der Waals surface area (Å²) in [6.45, 7) is 6.08. The molecule has 1 aliphatic carbocycles. The number of aliphatic hydroxyl groups excluding tert-OH is 1. The molecule has 1 atom stereocenters. The lowest BCUT2D eigenvalue weighted by atomic mass is 9.65. The van der Waals surface area contributed by atoms with Gasteiger partial charge in [-0.25, -0.2) is 8.42 Å². The highest BCUT2D eigenvalue weighted by molar-refractivity contribution is 7.88. The molecular formula is C21H33N5O4S. The van der Waals surface area contributed by atoms with E-state index in [0.29, 0.717) is 49.9 Å². The maximum atomic E-state index is 11.7. The van der Waals surface area contributed by atoms with E-state index in [4.69, 9.17) is 4.74 Å². The second-order valence-corrected chi connectivity index (χ2v) is 11.5. The number of hydrogen-bond acceptors (Lipinski definition) is 8. The fourth-order valence-corrected chi connectivity index (χ4v) is 6.29. The standard InChI is InChI=1S/C21H33N5O4S/c1-31(28,29)25-9-6-24(7-10-25)8-11-26-18-3-2-16(12-19(18)30-20(26)27)23-17-13-21(14-17)4-5-22-15-21/h2-3,12,17,20,22-23,27H,4-11,13-15H2,1H3. The van der Waals surface area contributed by atoms with Crippen LogP contribution in [0.3, 0.4) is 0 Å². The average Bonchev–Trinajstić information content (AvgIpc) is 3.30. The van der Waals surface area contributed by atoms with Gasteiger partial charge in [-0.05, 0) is 43.4 Å². The SMILES string of the molecule is CS(=O)(=O)N1CCN(CCN2c3ccc(NC4CC5(CCNC5)C4)cc3OC2O)CC1. The van der Waals surface area contributed by atoms with Crippen LogP contribution in [0.25, 0.3) is 0 Å². The number of rotatable bonds is 6. The van der Waals surface area contributed by atoms with Crippen LogP contribution < -0.4 is 20.3 Å². The third-order valence-corrected chi connectivity index (χ3v) is 8.59. The maximum absolute atomic E-state index is 11.7. The summed E-state index contributed by atoms with van der Waals surface area (Å²) in [5.41, 5.74) is 2.44. The Balaban J connectivity index is 1.14. The van der Waals surface area contributed by atoms with Crippen molar-refractivity contribution < 1.29 is 18.3 Å². The first-order valence-electron chi connectivity index (χ1n) is 11.2. The Morgan fingerprint density at radius 3 is 2.68 bits per heavy atom. The average molecular weight is 452 g/mol. The van der Waals surface area contributed by atoms with Crippen molar-refractivity contribution in [3.8, 4) is 5.75 Å². The fourth-order valence-electron chi connectivity index (χ4n) is 5.46. The Bertz CT molecular complexity index is 904. The van der Waals surface area contributed by atoms with Crippen molar-refractivity contribution in [1.82, 2.24) is 14.5 Å². The molecule has 3 fully saturated rings. The summed E-state index contributed by atoms with van der Waals surface area (Å²) < 4.78 is 30.6. The number of anilines is 2. The van der Waals surface area contributed by atoms with Crippen molar-refractivity contribution in [1.29, 1.82) is 0 Å². The molecule has 2 saturated heterocycles. The molecule has 4 aliphatic rings. The molecule has 172 valence electrons. The molecule has 0 amide bonds. The molecule has 0 radical (unpaired) electrons. The quantitative estimate of drug-likeness (QED) is 0.568. The van der Waals surface area contributed by atoms with E-state index in [1.165, 1.54) is 29.8 Å². The minimum absolute atomic E-state index is 0.505. The van der Waals surface area contributed by atoms with Gasteiger partial charge in [-0.15, -0.1) is 0 Å². The van der Waals surface area contributed by atoms with Crippen molar-refractivity contribution >= 4 is 21.4 Å². The Morgan fingerprint density at radius 2 is 2.00 bits per heavy atom. The van der Waals surface area contributed by atoms with E-state index in [1.54, 1.807) is 0 Å². The van der Waals surface area contributed by atoms with Crippen LogP contribution in [0.15, 0.2) is 18.2 Å². The number of piperazine rings is 1. The van der Waals surface area contributed by atoms with Crippen LogP contribution >= 0.6 is 0 Å². The minimum atomic E-state index is -3.12. The van der Waals surface area contributed by atoms with Gasteiger partial charge >= 0.3 is 0 Å². The molecular weight excluding hydrogens is 418 g/mol. The molecule has 3 aliphatic heterocycles. The highest BCUT2D eigenvalue weighted by atomic mass is 32.2. The van der Waals surface area contributed by atoms with Gasteiger partial charge in [0.15, 0.2) is 0 Å². The lowest BCUT2D eigenvalue weighted by Gasteiger charge is -2.45. The van der Waals surface area contributed by atoms with Crippen LogP contribution in [-0.2, 0) is 10.0 Å². The van der Waals surface area contributed by atoms with Gasteiger partial charge in [0.25, 0.3) is 6.41 Å². The zero-order chi connectivity index (χ0) is 21.6. The lowest BCUT2D eigenvalue weighted by Crippen LogP contribution is -2.50. The predicted molar refractivity (Wildman–Crippen MR) is 120 cm³/mol. The third-order valence-electron chi connectivity index (χ3n) is 7.29. The van der Waals surface area contributed by atoms with E-state index in [0.717, 1.165) is 31.0 Å². The highest BCUT2D eigenvalue weighted by Gasteiger charge is 2.45. The molecule has 5 rings (SSSR count). The summed E-state index contributed by atoms with van der Waals surface area (Å²) in [5.74, 6) is 0.705. The topological polar surface area (TPSA) is 97.4 Å². The van der Waals surface area contributed by atoms with Crippen LogP contribution in [0.5, 0.6) is 5.75 Å². The Hall–Kier alpha value is -1.59. The van der Waals surface area contributed by atoms with Gasteiger partial charge < -0.3 is 25.4 Å². The molecule has 1 saturated carbocycles. The first-order valence-corrected chi connectivity index (χ1v) is 13.1.